The van der Waals surface area contributed by atoms with Crippen LogP contribution in [-0.2, 0) is 14.9 Å². The smallest absolute Gasteiger partial charge is 0.225 e. The minimum Gasteiger partial charge on any atom is -0.290 e. The zero-order chi connectivity index (χ0) is 18.4. The van der Waals surface area contributed by atoms with Gasteiger partial charge in [-0.05, 0) is 44.4 Å². The molecule has 2 rings (SSSR count). The summed E-state index contributed by atoms with van der Waals surface area (Å²) in [4.78, 5) is 8.92. The lowest BCUT2D eigenvalue weighted by Crippen LogP contribution is -2.23. The Balaban J connectivity index is 2.14. The number of nitrogens with one attached hydrogen (secondary N) is 2. The van der Waals surface area contributed by atoms with E-state index in [1.54, 1.807) is 0 Å². The van der Waals surface area contributed by atoms with E-state index in [1.807, 2.05) is 5.48 Å². The Morgan fingerprint density at radius 3 is 2.88 bits per heavy atom. The topological polar surface area (TPSA) is 165 Å². The van der Waals surface area contributed by atoms with Crippen LogP contribution in [0.15, 0.2) is 32.3 Å². The van der Waals surface area contributed by atoms with Gasteiger partial charge in [-0.2, -0.15) is 0 Å². The van der Waals surface area contributed by atoms with Crippen molar-refractivity contribution in [1.82, 2.24) is 15.8 Å². The van der Waals surface area contributed by atoms with Gasteiger partial charge in [0.25, 0.3) is 0 Å². The molecule has 1 heterocycles. The van der Waals surface area contributed by atoms with E-state index in [4.69, 9.17) is 9.98 Å². The Hall–Kier alpha value is -2.13. The molecule has 0 unspecified atom stereocenters. The number of nitrogens with two attached hydrogens (primary N) is 1. The summed E-state index contributed by atoms with van der Waals surface area (Å²) in [7, 11) is -3.68. The number of hydrogen-bond acceptors (Lipinski definition) is 9. The van der Waals surface area contributed by atoms with Crippen molar-refractivity contribution in [2.75, 3.05) is 17.8 Å². The van der Waals surface area contributed by atoms with Crippen LogP contribution in [0, 0.1) is 5.82 Å². The molecule has 0 aliphatic rings. The lowest BCUT2D eigenvalue weighted by Gasteiger charge is -2.06. The highest BCUT2D eigenvalue weighted by molar-refractivity contribution is 9.10. The van der Waals surface area contributed by atoms with Gasteiger partial charge in [0.1, 0.15) is 5.82 Å². The number of aromatic nitrogens is 2. The van der Waals surface area contributed by atoms with Gasteiger partial charge in [-0.25, -0.2) is 33.0 Å². The molecule has 0 saturated carbocycles. The predicted octanol–water partition coefficient (Wildman–Crippen LogP) is 0.660. The summed E-state index contributed by atoms with van der Waals surface area (Å²) in [5.41, 5.74) is 4.32. The Labute approximate surface area is 149 Å². The Bertz CT molecular complexity index is 874. The van der Waals surface area contributed by atoms with E-state index in [-0.39, 0.29) is 34.1 Å². The number of hydroxylamine groups is 1. The third-order valence-corrected chi connectivity index (χ3v) is 3.94. The molecule has 5 N–H and O–H groups in total. The number of aliphatic imine (C=N–C) groups is 1. The van der Waals surface area contributed by atoms with Crippen LogP contribution < -0.4 is 16.1 Å². The number of amidine groups is 1. The molecule has 2 aromatic rings. The highest BCUT2D eigenvalue weighted by atomic mass is 79.9. The van der Waals surface area contributed by atoms with Gasteiger partial charge in [-0.3, -0.25) is 15.5 Å². The van der Waals surface area contributed by atoms with Gasteiger partial charge < -0.3 is 0 Å². The molecule has 136 valence electrons. The first-order chi connectivity index (χ1) is 11.8. The maximum Gasteiger partial charge on any atom is 0.225 e. The first-order valence-corrected chi connectivity index (χ1v) is 8.96. The van der Waals surface area contributed by atoms with Gasteiger partial charge in [0.2, 0.25) is 15.8 Å². The van der Waals surface area contributed by atoms with E-state index in [2.05, 4.69) is 41.3 Å². The molecule has 0 aliphatic carbocycles. The third kappa shape index (κ3) is 5.71. The van der Waals surface area contributed by atoms with Crippen molar-refractivity contribution in [3.8, 4) is 0 Å². The van der Waals surface area contributed by atoms with Crippen molar-refractivity contribution in [2.45, 2.75) is 0 Å². The number of primary sulfonamides is 1. The predicted molar refractivity (Wildman–Crippen MR) is 87.1 cm³/mol. The summed E-state index contributed by atoms with van der Waals surface area (Å²) in [6.07, 6.45) is 0. The molecule has 0 saturated heterocycles. The maximum absolute atomic E-state index is 13.2. The molecule has 0 bridgehead atoms. The molecule has 0 aliphatic heterocycles. The number of anilines is 1. The maximum atomic E-state index is 13.2. The van der Waals surface area contributed by atoms with E-state index < -0.39 is 21.6 Å². The number of halogens is 2. The Morgan fingerprint density at radius 1 is 1.48 bits per heavy atom. The molecule has 1 aromatic carbocycles. The Morgan fingerprint density at radius 2 is 2.24 bits per heavy atom. The van der Waals surface area contributed by atoms with Crippen molar-refractivity contribution in [3.05, 3.63) is 34.2 Å². The molecular weight excluding hydrogens is 427 g/mol. The van der Waals surface area contributed by atoms with Crippen molar-refractivity contribution in [3.63, 3.8) is 0 Å². The summed E-state index contributed by atoms with van der Waals surface area (Å²) < 4.78 is 39.5. The van der Waals surface area contributed by atoms with Crippen molar-refractivity contribution >= 4 is 43.3 Å². The van der Waals surface area contributed by atoms with Gasteiger partial charge >= 0.3 is 0 Å². The van der Waals surface area contributed by atoms with E-state index >= 15 is 0 Å². The minimum absolute atomic E-state index is 0.0708. The zero-order valence-corrected chi connectivity index (χ0v) is 14.7. The standard InChI is InChI=1S/C11H12BrFN6O5S/c12-7-5-6(1-2-8(7)13)15-10(16-20)9-11(19-24-17-9)18-23-3-4-25(14,21)22/h1-2,5,20H,3-4H2,(H,15,16)(H,18,19)(H2,14,21,22). The minimum atomic E-state index is -3.68. The van der Waals surface area contributed by atoms with Crippen LogP contribution in [0.4, 0.5) is 15.9 Å². The highest BCUT2D eigenvalue weighted by Crippen LogP contribution is 2.23. The monoisotopic (exact) mass is 438 g/mol. The van der Waals surface area contributed by atoms with Crippen molar-refractivity contribution in [2.24, 2.45) is 10.1 Å². The fraction of sp³-hybridized carbons (Fsp3) is 0.182. The van der Waals surface area contributed by atoms with E-state index in [9.17, 15) is 18.0 Å². The SMILES string of the molecule is NS(=O)(=O)CCONc1nonc1C(=Nc1ccc(F)c(Br)c1)NO. The molecule has 0 spiro atoms. The average Bonchev–Trinajstić information content (AvgIpc) is 3.00. The van der Waals surface area contributed by atoms with Crippen LogP contribution in [0.25, 0.3) is 0 Å². The summed E-state index contributed by atoms with van der Waals surface area (Å²) in [5.74, 6) is -1.18. The van der Waals surface area contributed by atoms with Crippen LogP contribution in [-0.4, -0.2) is 42.1 Å². The summed E-state index contributed by atoms with van der Waals surface area (Å²) in [5, 5.41) is 21.1. The van der Waals surface area contributed by atoms with Crippen LogP contribution in [0.2, 0.25) is 0 Å². The Kier molecular flexibility index (Phi) is 6.38. The molecular formula is C11H12BrFN6O5S. The van der Waals surface area contributed by atoms with Crippen LogP contribution in [0.3, 0.4) is 0 Å². The molecule has 14 heteroatoms. The average molecular weight is 439 g/mol. The molecule has 0 radical (unpaired) electrons. The molecule has 11 nitrogen and oxygen atoms in total. The summed E-state index contributed by atoms with van der Waals surface area (Å²) in [6, 6.07) is 3.91. The highest BCUT2D eigenvalue weighted by Gasteiger charge is 2.17. The van der Waals surface area contributed by atoms with Crippen LogP contribution in [0.1, 0.15) is 5.69 Å². The second-order valence-corrected chi connectivity index (χ2v) is 7.04. The largest absolute Gasteiger partial charge is 0.290 e. The molecule has 1 aromatic heterocycles. The second kappa shape index (κ2) is 8.30. The van der Waals surface area contributed by atoms with Gasteiger partial charge in [0.05, 0.1) is 22.5 Å². The number of nitrogens with zero attached hydrogens (tertiary/aromatic N) is 3. The van der Waals surface area contributed by atoms with Gasteiger partial charge in [0, 0.05) is 0 Å². The lowest BCUT2D eigenvalue weighted by molar-refractivity contribution is 0.207. The lowest BCUT2D eigenvalue weighted by atomic mass is 10.3. The van der Waals surface area contributed by atoms with Crippen molar-refractivity contribution < 1.29 is 27.5 Å². The first-order valence-electron chi connectivity index (χ1n) is 6.45. The quantitative estimate of drug-likeness (QED) is 0.210. The summed E-state index contributed by atoms with van der Waals surface area (Å²) in [6.45, 7) is -0.269. The third-order valence-electron chi connectivity index (χ3n) is 2.60. The van der Waals surface area contributed by atoms with E-state index in [0.717, 1.165) is 0 Å². The van der Waals surface area contributed by atoms with E-state index in [1.165, 1.54) is 18.2 Å². The molecule has 0 fully saturated rings. The second-order valence-electron chi connectivity index (χ2n) is 4.45. The molecule has 0 amide bonds. The van der Waals surface area contributed by atoms with Gasteiger partial charge in [-0.1, -0.05) is 0 Å². The van der Waals surface area contributed by atoms with Crippen LogP contribution in [0.5, 0.6) is 0 Å². The van der Waals surface area contributed by atoms with Crippen molar-refractivity contribution in [1.29, 1.82) is 0 Å². The van der Waals surface area contributed by atoms with Crippen LogP contribution >= 0.6 is 15.9 Å². The number of rotatable bonds is 7. The zero-order valence-electron chi connectivity index (χ0n) is 12.3. The fourth-order valence-corrected chi connectivity index (χ4v) is 2.19. The van der Waals surface area contributed by atoms with Gasteiger partial charge in [-0.15, -0.1) is 0 Å². The fourth-order valence-electron chi connectivity index (χ4n) is 1.50. The molecule has 0 atom stereocenters. The molecule has 25 heavy (non-hydrogen) atoms. The normalized spacial score (nSPS) is 12.2. The number of hydrogen-bond donors (Lipinski definition) is 4. The van der Waals surface area contributed by atoms with Gasteiger partial charge in [0.15, 0.2) is 11.5 Å². The first kappa shape index (κ1) is 19.2. The van der Waals surface area contributed by atoms with E-state index in [0.29, 0.717) is 0 Å². The summed E-state index contributed by atoms with van der Waals surface area (Å²) >= 11 is 3.01. The number of sulfonamides is 1. The number of benzene rings is 1.